The van der Waals surface area contributed by atoms with E-state index in [-0.39, 0.29) is 16.5 Å². The number of halogens is 4. The van der Waals surface area contributed by atoms with Crippen LogP contribution in [0.4, 0.5) is 17.6 Å². The first kappa shape index (κ1) is 18.6. The Bertz CT molecular complexity index is 982. The summed E-state index contributed by atoms with van der Waals surface area (Å²) in [5, 5.41) is 8.56. The van der Waals surface area contributed by atoms with Crippen LogP contribution >= 0.6 is 0 Å². The molecule has 1 aromatic carbocycles. The lowest BCUT2D eigenvalue weighted by atomic mass is 9.96. The van der Waals surface area contributed by atoms with E-state index in [1.165, 1.54) is 13.0 Å². The highest BCUT2D eigenvalue weighted by Gasteiger charge is 2.55. The zero-order valence-corrected chi connectivity index (χ0v) is 14.1. The van der Waals surface area contributed by atoms with Crippen LogP contribution in [0.3, 0.4) is 0 Å². The van der Waals surface area contributed by atoms with Crippen molar-refractivity contribution in [2.45, 2.75) is 18.2 Å². The minimum Gasteiger partial charge on any atom is -0.481 e. The lowest BCUT2D eigenvalue weighted by Gasteiger charge is -2.18. The van der Waals surface area contributed by atoms with Crippen LogP contribution in [0.5, 0.6) is 0 Å². The molecule has 0 radical (unpaired) electrons. The largest absolute Gasteiger partial charge is 0.481 e. The highest BCUT2D eigenvalue weighted by atomic mass is 32.2. The second-order valence-electron chi connectivity index (χ2n) is 6.07. The van der Waals surface area contributed by atoms with Crippen LogP contribution < -0.4 is 0 Å². The van der Waals surface area contributed by atoms with Crippen LogP contribution in [0.15, 0.2) is 27.7 Å². The number of nitrogens with zero attached hydrogens (tertiary/aromatic N) is 1. The Morgan fingerprint density at radius 2 is 1.96 bits per heavy atom. The second kappa shape index (κ2) is 5.95. The van der Waals surface area contributed by atoms with Crippen molar-refractivity contribution < 1.29 is 40.3 Å². The number of rotatable bonds is 3. The standard InChI is InChI=1S/C15H13F4NO5S/c1-7-9-4-8(16)2-3-12(9)25-14(7)26(23,24)20-5-10(13(21)22)11(6-20)15(17,18)19/h2-4,10-11H,5-6H2,1H3,(H,21,22)/t10-,11-/m1/s1. The third kappa shape index (κ3) is 2.94. The Kier molecular flexibility index (Phi) is 4.26. The molecule has 0 unspecified atom stereocenters. The summed E-state index contributed by atoms with van der Waals surface area (Å²) >= 11 is 0. The maximum Gasteiger partial charge on any atom is 0.393 e. The number of aliphatic carboxylic acids is 1. The van der Waals surface area contributed by atoms with Crippen LogP contribution in [-0.4, -0.2) is 43.1 Å². The van der Waals surface area contributed by atoms with E-state index >= 15 is 0 Å². The van der Waals surface area contributed by atoms with Gasteiger partial charge in [-0.1, -0.05) is 0 Å². The molecule has 3 rings (SSSR count). The number of furan rings is 1. The molecule has 142 valence electrons. The number of sulfonamides is 1. The number of carboxylic acid groups (broad SMARTS) is 1. The van der Waals surface area contributed by atoms with Crippen molar-refractivity contribution in [2.75, 3.05) is 13.1 Å². The van der Waals surface area contributed by atoms with Gasteiger partial charge in [0.2, 0.25) is 5.09 Å². The van der Waals surface area contributed by atoms with Crippen LogP contribution in [0.25, 0.3) is 11.0 Å². The summed E-state index contributed by atoms with van der Waals surface area (Å²) in [5.41, 5.74) is 0.102. The van der Waals surface area contributed by atoms with Gasteiger partial charge in [0, 0.05) is 24.0 Å². The maximum absolute atomic E-state index is 13.4. The van der Waals surface area contributed by atoms with Crippen LogP contribution in [0.1, 0.15) is 5.56 Å². The molecule has 6 nitrogen and oxygen atoms in total. The first-order valence-electron chi connectivity index (χ1n) is 7.41. The van der Waals surface area contributed by atoms with Crippen molar-refractivity contribution in [3.05, 3.63) is 29.6 Å². The molecule has 1 aromatic heterocycles. The van der Waals surface area contributed by atoms with Gasteiger partial charge in [0.1, 0.15) is 11.4 Å². The fourth-order valence-electron chi connectivity index (χ4n) is 3.08. The minimum atomic E-state index is -4.86. The topological polar surface area (TPSA) is 87.8 Å². The molecule has 2 aromatic rings. The van der Waals surface area contributed by atoms with Gasteiger partial charge >= 0.3 is 12.1 Å². The second-order valence-corrected chi connectivity index (χ2v) is 7.91. The molecule has 1 fully saturated rings. The predicted octanol–water partition coefficient (Wildman–Crippen LogP) is 2.76. The number of benzene rings is 1. The zero-order chi connectivity index (χ0) is 19.4. The van der Waals surface area contributed by atoms with Gasteiger partial charge < -0.3 is 9.52 Å². The summed E-state index contributed by atoms with van der Waals surface area (Å²) < 4.78 is 83.7. The number of carboxylic acids is 1. The Morgan fingerprint density at radius 3 is 2.50 bits per heavy atom. The number of carbonyl (C=O) groups is 1. The summed E-state index contributed by atoms with van der Waals surface area (Å²) in [5.74, 6) is -6.59. The Labute approximate surface area is 145 Å². The normalized spacial score (nSPS) is 22.2. The molecule has 2 heterocycles. The van der Waals surface area contributed by atoms with E-state index in [0.717, 1.165) is 12.1 Å². The summed E-state index contributed by atoms with van der Waals surface area (Å²) in [6.45, 7) is -0.509. The van der Waals surface area contributed by atoms with E-state index in [1.54, 1.807) is 0 Å². The first-order chi connectivity index (χ1) is 11.9. The van der Waals surface area contributed by atoms with E-state index in [0.29, 0.717) is 4.31 Å². The molecule has 0 spiro atoms. The van der Waals surface area contributed by atoms with E-state index in [1.807, 2.05) is 0 Å². The van der Waals surface area contributed by atoms with Crippen LogP contribution in [0, 0.1) is 24.6 Å². The van der Waals surface area contributed by atoms with Crippen molar-refractivity contribution in [3.8, 4) is 0 Å². The van der Waals surface area contributed by atoms with Gasteiger partial charge in [0.05, 0.1) is 11.8 Å². The number of alkyl halides is 3. The van der Waals surface area contributed by atoms with Crippen LogP contribution in [-0.2, 0) is 14.8 Å². The third-order valence-electron chi connectivity index (χ3n) is 4.45. The minimum absolute atomic E-state index is 0.0434. The summed E-state index contributed by atoms with van der Waals surface area (Å²) in [6.07, 6.45) is -4.86. The molecule has 0 aliphatic carbocycles. The van der Waals surface area contributed by atoms with Gasteiger partial charge in [-0.05, 0) is 25.1 Å². The first-order valence-corrected chi connectivity index (χ1v) is 8.85. The van der Waals surface area contributed by atoms with Gasteiger partial charge in [0.25, 0.3) is 10.0 Å². The van der Waals surface area contributed by atoms with Gasteiger partial charge in [0.15, 0.2) is 0 Å². The maximum atomic E-state index is 13.4. The highest BCUT2D eigenvalue weighted by molar-refractivity contribution is 7.89. The number of hydrogen-bond acceptors (Lipinski definition) is 4. The smallest absolute Gasteiger partial charge is 0.393 e. The molecule has 0 bridgehead atoms. The molecular formula is C15H13F4NO5S. The van der Waals surface area contributed by atoms with Gasteiger partial charge in [-0.2, -0.15) is 17.5 Å². The Morgan fingerprint density at radius 1 is 1.31 bits per heavy atom. The average Bonchev–Trinajstić information content (AvgIpc) is 3.10. The number of fused-ring (bicyclic) bond motifs is 1. The molecule has 1 aliphatic heterocycles. The molecule has 1 saturated heterocycles. The fourth-order valence-corrected chi connectivity index (χ4v) is 4.72. The highest BCUT2D eigenvalue weighted by Crippen LogP contribution is 2.41. The van der Waals surface area contributed by atoms with Crippen molar-refractivity contribution >= 4 is 27.0 Å². The van der Waals surface area contributed by atoms with Gasteiger partial charge in [-0.25, -0.2) is 12.8 Å². The van der Waals surface area contributed by atoms with Gasteiger partial charge in [-0.15, -0.1) is 0 Å². The van der Waals surface area contributed by atoms with Crippen molar-refractivity contribution in [1.29, 1.82) is 0 Å². The lowest BCUT2D eigenvalue weighted by molar-refractivity contribution is -0.187. The van der Waals surface area contributed by atoms with E-state index < -0.39 is 58.0 Å². The van der Waals surface area contributed by atoms with E-state index in [9.17, 15) is 30.8 Å². The fraction of sp³-hybridized carbons (Fsp3) is 0.400. The molecule has 26 heavy (non-hydrogen) atoms. The number of aryl methyl sites for hydroxylation is 1. The van der Waals surface area contributed by atoms with Crippen molar-refractivity contribution in [2.24, 2.45) is 11.8 Å². The SMILES string of the molecule is Cc1c(S(=O)(=O)N2C[C@@H](C(F)(F)F)[C@H](C(=O)O)C2)oc2ccc(F)cc12. The molecule has 2 atom stereocenters. The summed E-state index contributed by atoms with van der Waals surface area (Å²) in [4.78, 5) is 11.1. The molecular weight excluding hydrogens is 382 g/mol. The average molecular weight is 395 g/mol. The Hall–Kier alpha value is -2.14. The van der Waals surface area contributed by atoms with Crippen molar-refractivity contribution in [3.63, 3.8) is 0 Å². The molecule has 1 N–H and O–H groups in total. The van der Waals surface area contributed by atoms with Crippen LogP contribution in [0.2, 0.25) is 0 Å². The lowest BCUT2D eigenvalue weighted by Crippen LogP contribution is -2.34. The molecule has 0 saturated carbocycles. The molecule has 1 aliphatic rings. The third-order valence-corrected chi connectivity index (χ3v) is 6.29. The number of hydrogen-bond donors (Lipinski definition) is 1. The quantitative estimate of drug-likeness (QED) is 0.808. The van der Waals surface area contributed by atoms with Gasteiger partial charge in [-0.3, -0.25) is 4.79 Å². The van der Waals surface area contributed by atoms with Crippen molar-refractivity contribution in [1.82, 2.24) is 4.31 Å². The predicted molar refractivity (Wildman–Crippen MR) is 80.3 cm³/mol. The van der Waals surface area contributed by atoms with E-state index in [2.05, 4.69) is 0 Å². The summed E-state index contributed by atoms with van der Waals surface area (Å²) in [6, 6.07) is 3.31. The Balaban J connectivity index is 2.04. The zero-order valence-electron chi connectivity index (χ0n) is 13.2. The molecule has 0 amide bonds. The van der Waals surface area contributed by atoms with E-state index in [4.69, 9.17) is 9.52 Å². The molecule has 11 heteroatoms. The summed E-state index contributed by atoms with van der Waals surface area (Å²) in [7, 11) is -4.52. The monoisotopic (exact) mass is 395 g/mol.